The van der Waals surface area contributed by atoms with E-state index in [0.717, 1.165) is 12.1 Å². The first kappa shape index (κ1) is 13.8. The van der Waals surface area contributed by atoms with Crippen LogP contribution in [0.15, 0.2) is 36.5 Å². The molecule has 3 nitrogen and oxygen atoms in total. The lowest BCUT2D eigenvalue weighted by Gasteiger charge is -2.14. The van der Waals surface area contributed by atoms with Crippen LogP contribution in [0.3, 0.4) is 0 Å². The summed E-state index contributed by atoms with van der Waals surface area (Å²) in [5, 5.41) is 11.1. The summed E-state index contributed by atoms with van der Waals surface area (Å²) >= 11 is 0. The van der Waals surface area contributed by atoms with Gasteiger partial charge in [0, 0.05) is 0 Å². The summed E-state index contributed by atoms with van der Waals surface area (Å²) in [5.41, 5.74) is -0.987. The van der Waals surface area contributed by atoms with Crippen molar-refractivity contribution in [2.24, 2.45) is 0 Å². The highest BCUT2D eigenvalue weighted by Crippen LogP contribution is 2.36. The van der Waals surface area contributed by atoms with E-state index in [4.69, 9.17) is 5.26 Å². The number of hydrogen-bond donors (Lipinski definition) is 1. The van der Waals surface area contributed by atoms with Crippen LogP contribution < -0.4 is 5.32 Å². The molecule has 0 saturated heterocycles. The smallest absolute Gasteiger partial charge is 0.354 e. The number of anilines is 2. The van der Waals surface area contributed by atoms with Crippen molar-refractivity contribution in [2.45, 2.75) is 6.18 Å². The molecule has 1 N–H and O–H groups in total. The third-order valence-corrected chi connectivity index (χ3v) is 2.44. The molecule has 102 valence electrons. The summed E-state index contributed by atoms with van der Waals surface area (Å²) in [6, 6.07) is 6.90. The van der Waals surface area contributed by atoms with Gasteiger partial charge in [-0.25, -0.2) is 9.37 Å². The number of aromatic nitrogens is 1. The van der Waals surface area contributed by atoms with Gasteiger partial charge >= 0.3 is 6.18 Å². The molecule has 0 saturated carbocycles. The molecule has 0 fully saturated rings. The van der Waals surface area contributed by atoms with Gasteiger partial charge in [-0.3, -0.25) is 0 Å². The van der Waals surface area contributed by atoms with Crippen LogP contribution in [0, 0.1) is 17.1 Å². The zero-order valence-corrected chi connectivity index (χ0v) is 9.87. The second kappa shape index (κ2) is 5.17. The standard InChI is InChI=1S/C13H7F4N3/c14-8-1-4-12(11(5-8)13(15,16)17)20-10-3-2-9(6-18)19-7-10/h1-5,7,20H. The lowest BCUT2D eigenvalue weighted by atomic mass is 10.1. The van der Waals surface area contributed by atoms with Crippen molar-refractivity contribution < 1.29 is 17.6 Å². The van der Waals surface area contributed by atoms with Gasteiger partial charge in [-0.2, -0.15) is 18.4 Å². The highest BCUT2D eigenvalue weighted by atomic mass is 19.4. The molecule has 0 radical (unpaired) electrons. The summed E-state index contributed by atoms with van der Waals surface area (Å²) in [6.07, 6.45) is -3.45. The molecule has 2 rings (SSSR count). The van der Waals surface area contributed by atoms with Crippen molar-refractivity contribution in [3.8, 4) is 6.07 Å². The molecule has 0 aliphatic rings. The highest BCUT2D eigenvalue weighted by Gasteiger charge is 2.34. The monoisotopic (exact) mass is 281 g/mol. The van der Waals surface area contributed by atoms with Gasteiger partial charge in [0.2, 0.25) is 0 Å². The van der Waals surface area contributed by atoms with Crippen LogP contribution in [-0.4, -0.2) is 4.98 Å². The molecule has 0 unspecified atom stereocenters. The molecule has 0 bridgehead atoms. The highest BCUT2D eigenvalue weighted by molar-refractivity contribution is 5.63. The minimum atomic E-state index is -4.68. The van der Waals surface area contributed by atoms with Crippen molar-refractivity contribution >= 4 is 11.4 Å². The van der Waals surface area contributed by atoms with Gasteiger partial charge in [-0.1, -0.05) is 0 Å². The van der Waals surface area contributed by atoms with E-state index < -0.39 is 17.6 Å². The first-order chi connectivity index (χ1) is 9.40. The van der Waals surface area contributed by atoms with Crippen LogP contribution in [0.4, 0.5) is 28.9 Å². The number of nitriles is 1. The lowest BCUT2D eigenvalue weighted by molar-refractivity contribution is -0.137. The Kier molecular flexibility index (Phi) is 3.57. The van der Waals surface area contributed by atoms with Crippen LogP contribution in [-0.2, 0) is 6.18 Å². The van der Waals surface area contributed by atoms with Crippen molar-refractivity contribution in [3.05, 3.63) is 53.6 Å². The summed E-state index contributed by atoms with van der Waals surface area (Å²) < 4.78 is 51.3. The number of alkyl halides is 3. The molecule has 0 amide bonds. The molecule has 0 aliphatic carbocycles. The summed E-state index contributed by atoms with van der Waals surface area (Å²) in [6.45, 7) is 0. The van der Waals surface area contributed by atoms with Crippen LogP contribution in [0.25, 0.3) is 0 Å². The number of benzene rings is 1. The summed E-state index contributed by atoms with van der Waals surface area (Å²) in [5.74, 6) is -0.971. The third kappa shape index (κ3) is 3.03. The molecule has 7 heteroatoms. The van der Waals surface area contributed by atoms with Gasteiger partial charge in [0.25, 0.3) is 0 Å². The average Bonchev–Trinajstić information content (AvgIpc) is 2.40. The topological polar surface area (TPSA) is 48.7 Å². The Balaban J connectivity index is 2.35. The van der Waals surface area contributed by atoms with Crippen LogP contribution in [0.2, 0.25) is 0 Å². The van der Waals surface area contributed by atoms with Crippen molar-refractivity contribution in [3.63, 3.8) is 0 Å². The van der Waals surface area contributed by atoms with E-state index in [2.05, 4.69) is 10.3 Å². The van der Waals surface area contributed by atoms with E-state index in [1.165, 1.54) is 18.3 Å². The van der Waals surface area contributed by atoms with E-state index in [9.17, 15) is 17.6 Å². The van der Waals surface area contributed by atoms with E-state index in [1.807, 2.05) is 0 Å². The predicted molar refractivity (Wildman–Crippen MR) is 63.6 cm³/mol. The van der Waals surface area contributed by atoms with Crippen molar-refractivity contribution in [2.75, 3.05) is 5.32 Å². The number of pyridine rings is 1. The summed E-state index contributed by atoms with van der Waals surface area (Å²) in [4.78, 5) is 3.72. The molecule has 2 aromatic rings. The SMILES string of the molecule is N#Cc1ccc(Nc2ccc(F)cc2C(F)(F)F)cn1. The molecule has 0 aliphatic heterocycles. The van der Waals surface area contributed by atoms with Crippen LogP contribution in [0.5, 0.6) is 0 Å². The zero-order chi connectivity index (χ0) is 14.8. The molecule has 1 aromatic heterocycles. The molecule has 0 atom stereocenters. The summed E-state index contributed by atoms with van der Waals surface area (Å²) in [7, 11) is 0. The number of halogens is 4. The fourth-order valence-electron chi connectivity index (χ4n) is 1.55. The predicted octanol–water partition coefficient (Wildman–Crippen LogP) is 3.85. The minimum Gasteiger partial charge on any atom is -0.354 e. The Hall–Kier alpha value is -2.62. The first-order valence-electron chi connectivity index (χ1n) is 5.40. The number of nitrogens with zero attached hydrogens (tertiary/aromatic N) is 2. The van der Waals surface area contributed by atoms with Gasteiger partial charge in [0.1, 0.15) is 17.6 Å². The van der Waals surface area contributed by atoms with Crippen LogP contribution >= 0.6 is 0 Å². The Morgan fingerprint density at radius 1 is 1.15 bits per heavy atom. The maximum Gasteiger partial charge on any atom is 0.418 e. The third-order valence-electron chi connectivity index (χ3n) is 2.44. The first-order valence-corrected chi connectivity index (χ1v) is 5.40. The van der Waals surface area contributed by atoms with Crippen molar-refractivity contribution in [1.29, 1.82) is 5.26 Å². The van der Waals surface area contributed by atoms with E-state index in [1.54, 1.807) is 6.07 Å². The second-order valence-corrected chi connectivity index (χ2v) is 3.86. The van der Waals surface area contributed by atoms with E-state index in [-0.39, 0.29) is 17.1 Å². The normalized spacial score (nSPS) is 10.9. The fraction of sp³-hybridized carbons (Fsp3) is 0.0769. The number of nitrogens with one attached hydrogen (secondary N) is 1. The molecule has 1 heterocycles. The Bertz CT molecular complexity index is 657. The molecule has 20 heavy (non-hydrogen) atoms. The molecular weight excluding hydrogens is 274 g/mol. The van der Waals surface area contributed by atoms with Crippen molar-refractivity contribution in [1.82, 2.24) is 4.98 Å². The minimum absolute atomic E-state index is 0.144. The Labute approximate surface area is 111 Å². The molecular formula is C13H7F4N3. The second-order valence-electron chi connectivity index (χ2n) is 3.86. The fourth-order valence-corrected chi connectivity index (χ4v) is 1.55. The zero-order valence-electron chi connectivity index (χ0n) is 9.87. The molecule has 0 spiro atoms. The Morgan fingerprint density at radius 2 is 1.90 bits per heavy atom. The maximum atomic E-state index is 12.9. The number of rotatable bonds is 2. The van der Waals surface area contributed by atoms with Crippen LogP contribution in [0.1, 0.15) is 11.3 Å². The largest absolute Gasteiger partial charge is 0.418 e. The average molecular weight is 281 g/mol. The quantitative estimate of drug-likeness (QED) is 0.850. The van der Waals surface area contributed by atoms with E-state index in [0.29, 0.717) is 6.07 Å². The van der Waals surface area contributed by atoms with Gasteiger partial charge in [-0.15, -0.1) is 0 Å². The maximum absolute atomic E-state index is 12.9. The van der Waals surface area contributed by atoms with Gasteiger partial charge in [0.05, 0.1) is 23.1 Å². The van der Waals surface area contributed by atoms with E-state index >= 15 is 0 Å². The Morgan fingerprint density at radius 3 is 2.45 bits per heavy atom. The number of hydrogen-bond acceptors (Lipinski definition) is 3. The van der Waals surface area contributed by atoms with Gasteiger partial charge in [0.15, 0.2) is 0 Å². The van der Waals surface area contributed by atoms with Gasteiger partial charge in [-0.05, 0) is 30.3 Å². The lowest BCUT2D eigenvalue weighted by Crippen LogP contribution is -2.09. The molecule has 1 aromatic carbocycles. The van der Waals surface area contributed by atoms with Gasteiger partial charge < -0.3 is 5.32 Å².